The minimum Gasteiger partial charge on any atom is -0.507 e. The molecular formula is C21H21N3O4. The monoisotopic (exact) mass is 379 g/mol. The largest absolute Gasteiger partial charge is 0.507 e. The molecule has 28 heavy (non-hydrogen) atoms. The molecule has 0 atom stereocenters. The van der Waals surface area contributed by atoms with Crippen LogP contribution in [-0.2, 0) is 10.2 Å². The van der Waals surface area contributed by atoms with Crippen LogP contribution in [0.3, 0.4) is 0 Å². The highest BCUT2D eigenvalue weighted by Gasteiger charge is 2.19. The second kappa shape index (κ2) is 7.26. The van der Waals surface area contributed by atoms with Crippen LogP contribution in [0.25, 0.3) is 22.3 Å². The van der Waals surface area contributed by atoms with Crippen molar-refractivity contribution in [2.75, 3.05) is 6.54 Å². The Morgan fingerprint density at radius 1 is 1.14 bits per heavy atom. The van der Waals surface area contributed by atoms with Crippen LogP contribution >= 0.6 is 0 Å². The minimum absolute atomic E-state index is 0.0124. The van der Waals surface area contributed by atoms with Crippen LogP contribution in [0.15, 0.2) is 42.6 Å². The lowest BCUT2D eigenvalue weighted by atomic mass is 9.86. The van der Waals surface area contributed by atoms with Crippen molar-refractivity contribution in [3.8, 4) is 17.0 Å². The molecule has 3 rings (SSSR count). The van der Waals surface area contributed by atoms with Gasteiger partial charge in [0.25, 0.3) is 5.91 Å². The SMILES string of the molecule is CC(C)(C)c1cccc(-c2cnc3c(C(=O)NCC(=O)O)c(O)ccc3n2)c1. The van der Waals surface area contributed by atoms with Crippen molar-refractivity contribution in [2.24, 2.45) is 0 Å². The summed E-state index contributed by atoms with van der Waals surface area (Å²) in [6.45, 7) is 5.83. The minimum atomic E-state index is -1.18. The van der Waals surface area contributed by atoms with Gasteiger partial charge >= 0.3 is 5.97 Å². The van der Waals surface area contributed by atoms with E-state index in [1.807, 2.05) is 12.1 Å². The van der Waals surface area contributed by atoms with Gasteiger partial charge in [-0.3, -0.25) is 14.6 Å². The van der Waals surface area contributed by atoms with Gasteiger partial charge in [-0.1, -0.05) is 39.0 Å². The third-order valence-corrected chi connectivity index (χ3v) is 4.34. The third-order valence-electron chi connectivity index (χ3n) is 4.34. The summed E-state index contributed by atoms with van der Waals surface area (Å²) in [6, 6.07) is 10.9. The number of hydrogen-bond donors (Lipinski definition) is 3. The number of carbonyl (C=O) groups is 2. The molecule has 7 heteroatoms. The number of rotatable bonds is 4. The van der Waals surface area contributed by atoms with Gasteiger partial charge in [-0.15, -0.1) is 0 Å². The van der Waals surface area contributed by atoms with Crippen molar-refractivity contribution < 1.29 is 19.8 Å². The molecular weight excluding hydrogens is 358 g/mol. The van der Waals surface area contributed by atoms with Crippen LogP contribution in [0.4, 0.5) is 0 Å². The molecule has 0 fully saturated rings. The predicted octanol–water partition coefficient (Wildman–Crippen LogP) is 3.11. The molecule has 0 radical (unpaired) electrons. The summed E-state index contributed by atoms with van der Waals surface area (Å²) in [5.41, 5.74) is 3.22. The van der Waals surface area contributed by atoms with Gasteiger partial charge in [0, 0.05) is 5.56 Å². The molecule has 144 valence electrons. The van der Waals surface area contributed by atoms with E-state index in [0.29, 0.717) is 11.2 Å². The first-order valence-corrected chi connectivity index (χ1v) is 8.76. The molecule has 0 aliphatic rings. The van der Waals surface area contributed by atoms with Crippen LogP contribution in [0, 0.1) is 0 Å². The average Bonchev–Trinajstić information content (AvgIpc) is 2.65. The third kappa shape index (κ3) is 3.93. The zero-order chi connectivity index (χ0) is 20.5. The Labute approximate surface area is 162 Å². The molecule has 1 amide bonds. The van der Waals surface area contributed by atoms with Gasteiger partial charge in [-0.05, 0) is 29.2 Å². The fourth-order valence-electron chi connectivity index (χ4n) is 2.83. The van der Waals surface area contributed by atoms with Gasteiger partial charge < -0.3 is 15.5 Å². The molecule has 0 unspecified atom stereocenters. The molecule has 3 aromatic rings. The Kier molecular flexibility index (Phi) is 5.00. The van der Waals surface area contributed by atoms with Gasteiger partial charge in [0.15, 0.2) is 0 Å². The Bertz CT molecular complexity index is 1070. The second-order valence-corrected chi connectivity index (χ2v) is 7.49. The maximum atomic E-state index is 12.3. The van der Waals surface area contributed by atoms with Gasteiger partial charge in [0.1, 0.15) is 23.4 Å². The maximum absolute atomic E-state index is 12.3. The van der Waals surface area contributed by atoms with E-state index in [1.54, 1.807) is 6.07 Å². The lowest BCUT2D eigenvalue weighted by Gasteiger charge is -2.19. The summed E-state index contributed by atoms with van der Waals surface area (Å²) >= 11 is 0. The first-order valence-electron chi connectivity index (χ1n) is 8.76. The maximum Gasteiger partial charge on any atom is 0.322 e. The number of nitrogens with zero attached hydrogens (tertiary/aromatic N) is 2. The molecule has 2 aromatic carbocycles. The number of hydrogen-bond acceptors (Lipinski definition) is 5. The molecule has 0 bridgehead atoms. The smallest absolute Gasteiger partial charge is 0.322 e. The number of carboxylic acids is 1. The molecule has 0 aliphatic carbocycles. The van der Waals surface area contributed by atoms with Gasteiger partial charge in [0.05, 0.1) is 17.4 Å². The Hall–Kier alpha value is -3.48. The number of aromatic hydroxyl groups is 1. The molecule has 1 heterocycles. The molecule has 0 saturated heterocycles. The Morgan fingerprint density at radius 3 is 2.57 bits per heavy atom. The number of amides is 1. The van der Waals surface area contributed by atoms with E-state index < -0.39 is 18.4 Å². The summed E-state index contributed by atoms with van der Waals surface area (Å²) in [7, 11) is 0. The summed E-state index contributed by atoms with van der Waals surface area (Å²) in [4.78, 5) is 31.9. The standard InChI is InChI=1S/C21H21N3O4/c1-21(2,3)13-6-4-5-12(9-13)15-10-22-19-14(24-15)7-8-16(25)18(19)20(28)23-11-17(26)27/h4-10,25H,11H2,1-3H3,(H,23,28)(H,26,27). The van der Waals surface area contributed by atoms with Crippen molar-refractivity contribution in [3.63, 3.8) is 0 Å². The van der Waals surface area contributed by atoms with Crippen LogP contribution in [-0.4, -0.2) is 38.6 Å². The summed E-state index contributed by atoms with van der Waals surface area (Å²) in [5.74, 6) is -2.19. The van der Waals surface area contributed by atoms with Crippen LogP contribution in [0.1, 0.15) is 36.7 Å². The number of benzene rings is 2. The van der Waals surface area contributed by atoms with Gasteiger partial charge in [-0.2, -0.15) is 0 Å². The number of nitrogens with one attached hydrogen (secondary N) is 1. The first-order chi connectivity index (χ1) is 13.2. The summed E-state index contributed by atoms with van der Waals surface area (Å²) in [6.07, 6.45) is 1.54. The van der Waals surface area contributed by atoms with E-state index in [0.717, 1.165) is 11.1 Å². The summed E-state index contributed by atoms with van der Waals surface area (Å²) < 4.78 is 0. The predicted molar refractivity (Wildman–Crippen MR) is 105 cm³/mol. The van der Waals surface area contributed by atoms with E-state index >= 15 is 0 Å². The molecule has 0 spiro atoms. The molecule has 0 saturated carbocycles. The molecule has 1 aromatic heterocycles. The summed E-state index contributed by atoms with van der Waals surface area (Å²) in [5, 5.41) is 21.0. The normalized spacial score (nSPS) is 11.4. The van der Waals surface area contributed by atoms with E-state index in [-0.39, 0.29) is 22.2 Å². The number of carbonyl (C=O) groups excluding carboxylic acids is 1. The van der Waals surface area contributed by atoms with Gasteiger partial charge in [0.2, 0.25) is 0 Å². The lowest BCUT2D eigenvalue weighted by Crippen LogP contribution is -2.29. The zero-order valence-electron chi connectivity index (χ0n) is 15.9. The van der Waals surface area contributed by atoms with E-state index in [2.05, 4.69) is 48.2 Å². The number of aromatic nitrogens is 2. The molecule has 3 N–H and O–H groups in total. The van der Waals surface area contributed by atoms with Crippen molar-refractivity contribution in [3.05, 3.63) is 53.7 Å². The fraction of sp³-hybridized carbons (Fsp3) is 0.238. The number of aliphatic carboxylic acids is 1. The van der Waals surface area contributed by atoms with Gasteiger partial charge in [-0.25, -0.2) is 4.98 Å². The van der Waals surface area contributed by atoms with Crippen molar-refractivity contribution in [1.82, 2.24) is 15.3 Å². The first kappa shape index (κ1) is 19.3. The highest BCUT2D eigenvalue weighted by atomic mass is 16.4. The quantitative estimate of drug-likeness (QED) is 0.642. The average molecular weight is 379 g/mol. The van der Waals surface area contributed by atoms with E-state index in [1.165, 1.54) is 12.3 Å². The lowest BCUT2D eigenvalue weighted by molar-refractivity contribution is -0.135. The van der Waals surface area contributed by atoms with Crippen LogP contribution in [0.5, 0.6) is 5.75 Å². The van der Waals surface area contributed by atoms with E-state index in [4.69, 9.17) is 5.11 Å². The highest BCUT2D eigenvalue weighted by molar-refractivity contribution is 6.08. The Morgan fingerprint density at radius 2 is 1.89 bits per heavy atom. The van der Waals surface area contributed by atoms with Crippen molar-refractivity contribution in [1.29, 1.82) is 0 Å². The number of fused-ring (bicyclic) bond motifs is 1. The van der Waals surface area contributed by atoms with Crippen LogP contribution in [0.2, 0.25) is 0 Å². The van der Waals surface area contributed by atoms with E-state index in [9.17, 15) is 14.7 Å². The molecule has 7 nitrogen and oxygen atoms in total. The number of carboxylic acid groups (broad SMARTS) is 1. The van der Waals surface area contributed by atoms with Crippen molar-refractivity contribution >= 4 is 22.9 Å². The highest BCUT2D eigenvalue weighted by Crippen LogP contribution is 2.29. The zero-order valence-corrected chi connectivity index (χ0v) is 15.9. The van der Waals surface area contributed by atoms with Crippen molar-refractivity contribution in [2.45, 2.75) is 26.2 Å². The van der Waals surface area contributed by atoms with Crippen LogP contribution < -0.4 is 5.32 Å². The topological polar surface area (TPSA) is 112 Å². The fourth-order valence-corrected chi connectivity index (χ4v) is 2.83. The number of phenolic OH excluding ortho intramolecular Hbond substituents is 1. The second-order valence-electron chi connectivity index (χ2n) is 7.49. The molecule has 0 aliphatic heterocycles. The number of phenols is 1. The Balaban J connectivity index is 2.05.